The maximum Gasteiger partial charge on any atom is 0.338 e. The number of ketones is 1. The summed E-state index contributed by atoms with van der Waals surface area (Å²) in [6, 6.07) is 13.2. The molecule has 1 N–H and O–H groups in total. The normalized spacial score (nSPS) is 10.7. The van der Waals surface area contributed by atoms with Crippen LogP contribution in [-0.2, 0) is 4.74 Å². The Hall–Kier alpha value is -2.63. The number of thioether (sulfide) groups is 1. The predicted octanol–water partition coefficient (Wildman–Crippen LogP) is 3.91. The van der Waals surface area contributed by atoms with E-state index < -0.39 is 5.97 Å². The predicted molar refractivity (Wildman–Crippen MR) is 105 cm³/mol. The highest BCUT2D eigenvalue weighted by atomic mass is 79.9. The molecule has 0 spiro atoms. The number of carbonyl (C=O) groups excluding carboxylic acids is 2. The lowest BCUT2D eigenvalue weighted by Crippen LogP contribution is -2.14. The van der Waals surface area contributed by atoms with E-state index in [2.05, 4.69) is 26.2 Å². The van der Waals surface area contributed by atoms with Gasteiger partial charge in [0.1, 0.15) is 0 Å². The molecular formula is C18H14BrN3O3S. The van der Waals surface area contributed by atoms with E-state index >= 15 is 0 Å². The Kier molecular flexibility index (Phi) is 7.38. The topological polar surface area (TPSA) is 91.5 Å². The standard InChI is InChI=1S/C18H14BrN3O3S/c1-26-18(21-11-20)22-15-8-4-13(5-9-15)17(24)25-10-16(23)12-2-6-14(19)7-3-12/h2-9H,10H2,1H3,(H,21,22). The first-order valence-electron chi connectivity index (χ1n) is 7.37. The van der Waals surface area contributed by atoms with Gasteiger partial charge < -0.3 is 4.74 Å². The van der Waals surface area contributed by atoms with Gasteiger partial charge in [-0.05, 0) is 42.7 Å². The molecule has 0 aromatic heterocycles. The van der Waals surface area contributed by atoms with Crippen molar-refractivity contribution in [3.63, 3.8) is 0 Å². The number of hydrogen-bond donors (Lipinski definition) is 1. The fourth-order valence-electron chi connectivity index (χ4n) is 1.90. The average molecular weight is 432 g/mol. The zero-order valence-corrected chi connectivity index (χ0v) is 16.1. The van der Waals surface area contributed by atoms with Gasteiger partial charge in [-0.15, -0.1) is 0 Å². The van der Waals surface area contributed by atoms with Crippen LogP contribution in [0.15, 0.2) is 58.0 Å². The Morgan fingerprint density at radius 3 is 2.35 bits per heavy atom. The minimum Gasteiger partial charge on any atom is -0.454 e. The van der Waals surface area contributed by atoms with Gasteiger partial charge in [0.25, 0.3) is 0 Å². The number of nitriles is 1. The van der Waals surface area contributed by atoms with Gasteiger partial charge in [0.2, 0.25) is 0 Å². The lowest BCUT2D eigenvalue weighted by molar-refractivity contribution is 0.0475. The molecule has 0 aliphatic rings. The van der Waals surface area contributed by atoms with Crippen molar-refractivity contribution in [2.75, 3.05) is 12.9 Å². The highest BCUT2D eigenvalue weighted by Crippen LogP contribution is 2.16. The number of Topliss-reactive ketones (excluding diaryl/α,β-unsaturated/α-hetero) is 1. The highest BCUT2D eigenvalue weighted by molar-refractivity contribution is 9.10. The molecule has 0 unspecified atom stereocenters. The third kappa shape index (κ3) is 5.72. The maximum absolute atomic E-state index is 12.0. The molecule has 132 valence electrons. The summed E-state index contributed by atoms with van der Waals surface area (Å²) in [5.41, 5.74) is 1.37. The largest absolute Gasteiger partial charge is 0.454 e. The molecule has 2 aromatic rings. The first-order chi connectivity index (χ1) is 12.5. The Morgan fingerprint density at radius 2 is 1.77 bits per heavy atom. The Bertz CT molecular complexity index is 859. The van der Waals surface area contributed by atoms with Crippen molar-refractivity contribution in [2.24, 2.45) is 4.99 Å². The van der Waals surface area contributed by atoms with Crippen molar-refractivity contribution in [3.8, 4) is 6.19 Å². The minimum absolute atomic E-state index is 0.278. The van der Waals surface area contributed by atoms with E-state index in [-0.39, 0.29) is 12.4 Å². The summed E-state index contributed by atoms with van der Waals surface area (Å²) in [7, 11) is 0. The van der Waals surface area contributed by atoms with E-state index in [0.717, 1.165) is 4.47 Å². The van der Waals surface area contributed by atoms with Gasteiger partial charge in [-0.1, -0.05) is 39.8 Å². The summed E-state index contributed by atoms with van der Waals surface area (Å²) < 4.78 is 5.92. The van der Waals surface area contributed by atoms with Crippen LogP contribution in [-0.4, -0.2) is 29.8 Å². The second-order valence-corrected chi connectivity index (χ2v) is 6.62. The van der Waals surface area contributed by atoms with Crippen molar-refractivity contribution < 1.29 is 14.3 Å². The molecule has 0 amide bonds. The molecule has 0 aliphatic carbocycles. The molecule has 0 aliphatic heterocycles. The summed E-state index contributed by atoms with van der Waals surface area (Å²) >= 11 is 4.59. The van der Waals surface area contributed by atoms with E-state index in [1.54, 1.807) is 61.0 Å². The molecule has 2 rings (SSSR count). The number of aliphatic imine (C=N–C) groups is 1. The van der Waals surface area contributed by atoms with Crippen LogP contribution in [0.1, 0.15) is 20.7 Å². The van der Waals surface area contributed by atoms with Gasteiger partial charge in [0.15, 0.2) is 23.8 Å². The average Bonchev–Trinajstić information content (AvgIpc) is 2.66. The number of amidine groups is 1. The number of carbonyl (C=O) groups is 2. The van der Waals surface area contributed by atoms with Gasteiger partial charge in [-0.25, -0.2) is 9.79 Å². The molecule has 0 saturated carbocycles. The fraction of sp³-hybridized carbons (Fsp3) is 0.111. The van der Waals surface area contributed by atoms with Gasteiger partial charge >= 0.3 is 5.97 Å². The molecule has 0 fully saturated rings. The van der Waals surface area contributed by atoms with Gasteiger partial charge in [0, 0.05) is 10.0 Å². The molecule has 0 heterocycles. The molecule has 8 heteroatoms. The quantitative estimate of drug-likeness (QED) is 0.192. The zero-order chi connectivity index (χ0) is 18.9. The fourth-order valence-corrected chi connectivity index (χ4v) is 2.50. The zero-order valence-electron chi connectivity index (χ0n) is 13.7. The lowest BCUT2D eigenvalue weighted by Gasteiger charge is -2.05. The molecule has 0 radical (unpaired) electrons. The number of esters is 1. The second-order valence-electron chi connectivity index (χ2n) is 4.91. The highest BCUT2D eigenvalue weighted by Gasteiger charge is 2.12. The summed E-state index contributed by atoms with van der Waals surface area (Å²) in [5, 5.41) is 11.5. The van der Waals surface area contributed by atoms with Gasteiger partial charge in [-0.3, -0.25) is 10.1 Å². The molecule has 0 saturated heterocycles. The SMILES string of the molecule is CSC(=Nc1ccc(C(=O)OCC(=O)c2ccc(Br)cc2)cc1)NC#N. The number of nitrogens with one attached hydrogen (secondary N) is 1. The first kappa shape index (κ1) is 19.7. The summed E-state index contributed by atoms with van der Waals surface area (Å²) in [5.74, 6) is -0.870. The monoisotopic (exact) mass is 431 g/mol. The van der Waals surface area contributed by atoms with E-state index in [9.17, 15) is 9.59 Å². The van der Waals surface area contributed by atoms with Gasteiger partial charge in [0.05, 0.1) is 11.3 Å². The van der Waals surface area contributed by atoms with Crippen molar-refractivity contribution >= 4 is 50.3 Å². The van der Waals surface area contributed by atoms with Crippen LogP contribution in [0.25, 0.3) is 0 Å². The second kappa shape index (κ2) is 9.75. The number of halogens is 1. The van der Waals surface area contributed by atoms with Crippen LogP contribution in [0.5, 0.6) is 0 Å². The number of rotatable bonds is 5. The molecule has 0 atom stereocenters. The number of nitrogens with zero attached hydrogens (tertiary/aromatic N) is 2. The Balaban J connectivity index is 1.96. The molecule has 26 heavy (non-hydrogen) atoms. The Labute approximate surface area is 163 Å². The van der Waals surface area contributed by atoms with Gasteiger partial charge in [-0.2, -0.15) is 5.26 Å². The smallest absolute Gasteiger partial charge is 0.338 e. The summed E-state index contributed by atoms with van der Waals surface area (Å²) in [4.78, 5) is 28.3. The van der Waals surface area contributed by atoms with E-state index in [4.69, 9.17) is 10.00 Å². The van der Waals surface area contributed by atoms with Crippen LogP contribution in [0, 0.1) is 11.5 Å². The maximum atomic E-state index is 12.0. The van der Waals surface area contributed by atoms with E-state index in [0.29, 0.717) is 22.0 Å². The molecule has 0 bridgehead atoms. The van der Waals surface area contributed by atoms with Crippen molar-refractivity contribution in [2.45, 2.75) is 0 Å². The van der Waals surface area contributed by atoms with Crippen LogP contribution >= 0.6 is 27.7 Å². The van der Waals surface area contributed by atoms with Crippen molar-refractivity contribution in [1.29, 1.82) is 5.26 Å². The molecule has 2 aromatic carbocycles. The summed E-state index contributed by atoms with van der Waals surface area (Å²) in [6.07, 6.45) is 3.59. The molecular weight excluding hydrogens is 418 g/mol. The Morgan fingerprint density at radius 1 is 1.15 bits per heavy atom. The van der Waals surface area contributed by atoms with E-state index in [1.807, 2.05) is 0 Å². The third-order valence-electron chi connectivity index (χ3n) is 3.19. The number of ether oxygens (including phenoxy) is 1. The van der Waals surface area contributed by atoms with Crippen molar-refractivity contribution in [1.82, 2.24) is 5.32 Å². The summed E-state index contributed by atoms with van der Waals surface area (Å²) in [6.45, 7) is -0.330. The lowest BCUT2D eigenvalue weighted by atomic mass is 10.1. The molecule has 6 nitrogen and oxygen atoms in total. The minimum atomic E-state index is -0.591. The van der Waals surface area contributed by atoms with E-state index in [1.165, 1.54) is 11.8 Å². The van der Waals surface area contributed by atoms with Crippen LogP contribution in [0.3, 0.4) is 0 Å². The van der Waals surface area contributed by atoms with Crippen LogP contribution < -0.4 is 5.32 Å². The van der Waals surface area contributed by atoms with Crippen LogP contribution in [0.2, 0.25) is 0 Å². The number of benzene rings is 2. The van der Waals surface area contributed by atoms with Crippen LogP contribution in [0.4, 0.5) is 5.69 Å². The number of hydrogen-bond acceptors (Lipinski definition) is 6. The van der Waals surface area contributed by atoms with Crippen molar-refractivity contribution in [3.05, 3.63) is 64.1 Å². The third-order valence-corrected chi connectivity index (χ3v) is 4.30. The first-order valence-corrected chi connectivity index (χ1v) is 9.39.